The number of aromatic nitrogens is 2. The lowest BCUT2D eigenvalue weighted by Gasteiger charge is -2.31. The molecule has 0 saturated carbocycles. The first-order valence-electron chi connectivity index (χ1n) is 10.4. The van der Waals surface area contributed by atoms with Crippen LogP contribution in [0.15, 0.2) is 23.0 Å². The van der Waals surface area contributed by atoms with Crippen molar-refractivity contribution in [1.82, 2.24) is 9.55 Å². The SMILES string of the molecule is CC[C@@]1(O)C(=O)OCc2c1cc1n(c2=O)Cc2c-1nc1ccc(N)c3c1c2C(F)CC3. The first-order valence-corrected chi connectivity index (χ1v) is 10.4. The molecule has 0 fully saturated rings. The Bertz CT molecular complexity index is 1400. The molecule has 1 aromatic carbocycles. The molecule has 158 valence electrons. The Labute approximate surface area is 176 Å². The summed E-state index contributed by atoms with van der Waals surface area (Å²) in [4.78, 5) is 30.4. The predicted molar refractivity (Wildman–Crippen MR) is 111 cm³/mol. The molecule has 1 aliphatic carbocycles. The van der Waals surface area contributed by atoms with Gasteiger partial charge in [-0.05, 0) is 43.0 Å². The maximum Gasteiger partial charge on any atom is 0.343 e. The third-order valence-electron chi connectivity index (χ3n) is 7.00. The molecule has 0 saturated heterocycles. The number of esters is 1. The largest absolute Gasteiger partial charge is 0.458 e. The zero-order valence-corrected chi connectivity index (χ0v) is 16.9. The average molecular weight is 421 g/mol. The van der Waals surface area contributed by atoms with Gasteiger partial charge in [-0.2, -0.15) is 0 Å². The van der Waals surface area contributed by atoms with Gasteiger partial charge >= 0.3 is 5.97 Å². The highest BCUT2D eigenvalue weighted by Gasteiger charge is 2.45. The first kappa shape index (κ1) is 18.5. The topological polar surface area (TPSA) is 107 Å². The van der Waals surface area contributed by atoms with E-state index >= 15 is 4.39 Å². The molecule has 31 heavy (non-hydrogen) atoms. The van der Waals surface area contributed by atoms with E-state index in [0.717, 1.165) is 10.9 Å². The minimum absolute atomic E-state index is 0.0696. The summed E-state index contributed by atoms with van der Waals surface area (Å²) in [6.45, 7) is 1.65. The molecule has 0 amide bonds. The lowest BCUT2D eigenvalue weighted by atomic mass is 9.84. The quantitative estimate of drug-likeness (QED) is 0.361. The fraction of sp³-hybridized carbons (Fsp3) is 0.348. The van der Waals surface area contributed by atoms with Crippen molar-refractivity contribution in [3.05, 3.63) is 56.4 Å². The Morgan fingerprint density at radius 3 is 2.90 bits per heavy atom. The summed E-state index contributed by atoms with van der Waals surface area (Å²) in [5.41, 5.74) is 8.78. The first-order chi connectivity index (χ1) is 14.8. The molecule has 8 heteroatoms. The maximum absolute atomic E-state index is 15.2. The number of carbonyl (C=O) groups excluding carboxylic acids is 1. The average Bonchev–Trinajstić information content (AvgIpc) is 3.13. The van der Waals surface area contributed by atoms with Gasteiger partial charge in [-0.25, -0.2) is 14.2 Å². The molecule has 1 unspecified atom stereocenters. The lowest BCUT2D eigenvalue weighted by molar-refractivity contribution is -0.172. The van der Waals surface area contributed by atoms with Gasteiger partial charge in [0.2, 0.25) is 0 Å². The number of halogens is 1. The number of alkyl halides is 1. The van der Waals surface area contributed by atoms with Crippen LogP contribution < -0.4 is 11.3 Å². The molecular weight excluding hydrogens is 401 g/mol. The molecule has 2 atom stereocenters. The highest BCUT2D eigenvalue weighted by Crippen LogP contribution is 2.46. The van der Waals surface area contributed by atoms with Crippen LogP contribution in [0.2, 0.25) is 0 Å². The van der Waals surface area contributed by atoms with Crippen molar-refractivity contribution in [2.24, 2.45) is 0 Å². The summed E-state index contributed by atoms with van der Waals surface area (Å²) < 4.78 is 21.9. The summed E-state index contributed by atoms with van der Waals surface area (Å²) in [6.07, 6.45) is -0.236. The number of hydrogen-bond donors (Lipinski definition) is 2. The lowest BCUT2D eigenvalue weighted by Crippen LogP contribution is -2.44. The van der Waals surface area contributed by atoms with Gasteiger partial charge in [0.15, 0.2) is 5.60 Å². The van der Waals surface area contributed by atoms with E-state index in [4.69, 9.17) is 15.5 Å². The van der Waals surface area contributed by atoms with Gasteiger partial charge in [0.25, 0.3) is 5.56 Å². The van der Waals surface area contributed by atoms with Crippen LogP contribution in [0.4, 0.5) is 10.1 Å². The molecule has 0 radical (unpaired) electrons. The number of nitrogens with zero attached hydrogens (tertiary/aromatic N) is 2. The van der Waals surface area contributed by atoms with E-state index in [-0.39, 0.29) is 36.3 Å². The van der Waals surface area contributed by atoms with Crippen LogP contribution in [0.5, 0.6) is 0 Å². The monoisotopic (exact) mass is 421 g/mol. The number of ether oxygens (including phenoxy) is 1. The Kier molecular flexibility index (Phi) is 3.53. The molecule has 2 aromatic heterocycles. The number of benzene rings is 1. The molecular formula is C23H20FN3O4. The molecule has 7 nitrogen and oxygen atoms in total. The number of nitrogens with two attached hydrogens (primary N) is 1. The standard InChI is InChI=1S/C23H20FN3O4/c1-2-23(30)13-7-17-20-11(8-27(17)21(28)12(13)9-31-22(23)29)18-14(24)4-3-10-15(25)5-6-16(26-20)19(10)18/h5-7,14,30H,2-4,8-9,25H2,1H3/t14?,23-/m0/s1. The highest BCUT2D eigenvalue weighted by atomic mass is 19.1. The highest BCUT2D eigenvalue weighted by molar-refractivity contribution is 5.95. The van der Waals surface area contributed by atoms with Gasteiger partial charge in [-0.15, -0.1) is 0 Å². The Morgan fingerprint density at radius 1 is 1.32 bits per heavy atom. The van der Waals surface area contributed by atoms with E-state index in [0.29, 0.717) is 46.6 Å². The van der Waals surface area contributed by atoms with E-state index in [1.54, 1.807) is 25.1 Å². The van der Waals surface area contributed by atoms with Crippen molar-refractivity contribution in [1.29, 1.82) is 0 Å². The van der Waals surface area contributed by atoms with Crippen LogP contribution in [0.1, 0.15) is 53.8 Å². The third-order valence-corrected chi connectivity index (χ3v) is 7.00. The van der Waals surface area contributed by atoms with Crippen molar-refractivity contribution in [3.8, 4) is 11.4 Å². The number of fused-ring (bicyclic) bond motifs is 5. The van der Waals surface area contributed by atoms with Gasteiger partial charge in [0.05, 0.1) is 29.0 Å². The van der Waals surface area contributed by atoms with Gasteiger partial charge in [-0.1, -0.05) is 6.92 Å². The number of carbonyl (C=O) groups is 1. The van der Waals surface area contributed by atoms with E-state index in [9.17, 15) is 14.7 Å². The number of rotatable bonds is 1. The second-order valence-electron chi connectivity index (χ2n) is 8.49. The predicted octanol–water partition coefficient (Wildman–Crippen LogP) is 2.62. The van der Waals surface area contributed by atoms with Crippen LogP contribution in [-0.4, -0.2) is 20.6 Å². The summed E-state index contributed by atoms with van der Waals surface area (Å²) >= 11 is 0. The van der Waals surface area contributed by atoms with Crippen molar-refractivity contribution in [3.63, 3.8) is 0 Å². The van der Waals surface area contributed by atoms with E-state index in [1.165, 1.54) is 4.57 Å². The summed E-state index contributed by atoms with van der Waals surface area (Å²) in [5.74, 6) is -0.768. The summed E-state index contributed by atoms with van der Waals surface area (Å²) in [6, 6.07) is 5.20. The van der Waals surface area contributed by atoms with Gasteiger partial charge in [0, 0.05) is 27.8 Å². The molecule has 4 heterocycles. The van der Waals surface area contributed by atoms with Crippen LogP contribution in [0.3, 0.4) is 0 Å². The molecule has 6 rings (SSSR count). The fourth-order valence-corrected chi connectivity index (χ4v) is 5.32. The Balaban J connectivity index is 1.69. The fourth-order valence-electron chi connectivity index (χ4n) is 5.32. The van der Waals surface area contributed by atoms with Crippen molar-refractivity contribution in [2.75, 3.05) is 5.73 Å². The number of hydrogen-bond acceptors (Lipinski definition) is 6. The van der Waals surface area contributed by atoms with Gasteiger partial charge < -0.3 is 20.1 Å². The molecule has 2 aliphatic heterocycles. The van der Waals surface area contributed by atoms with Crippen molar-refractivity contribution < 1.29 is 19.0 Å². The zero-order chi connectivity index (χ0) is 21.7. The third kappa shape index (κ3) is 2.18. The number of aliphatic hydroxyl groups is 1. The van der Waals surface area contributed by atoms with Crippen LogP contribution in [-0.2, 0) is 34.7 Å². The number of aryl methyl sites for hydroxylation is 1. The molecule has 3 N–H and O–H groups in total. The Hall–Kier alpha value is -3.26. The van der Waals surface area contributed by atoms with Gasteiger partial charge in [0.1, 0.15) is 12.8 Å². The number of pyridine rings is 2. The van der Waals surface area contributed by atoms with E-state index in [2.05, 4.69) is 0 Å². The number of nitrogen functional groups attached to an aromatic ring is 1. The molecule has 0 bridgehead atoms. The van der Waals surface area contributed by atoms with Crippen molar-refractivity contribution >= 4 is 22.6 Å². The maximum atomic E-state index is 15.2. The smallest absolute Gasteiger partial charge is 0.343 e. The molecule has 3 aromatic rings. The second-order valence-corrected chi connectivity index (χ2v) is 8.49. The molecule has 3 aliphatic rings. The number of anilines is 1. The van der Waals surface area contributed by atoms with Crippen molar-refractivity contribution in [2.45, 2.75) is 51.1 Å². The summed E-state index contributed by atoms with van der Waals surface area (Å²) in [7, 11) is 0. The zero-order valence-electron chi connectivity index (χ0n) is 16.9. The van der Waals surface area contributed by atoms with Crippen LogP contribution >= 0.6 is 0 Å². The normalized spacial score (nSPS) is 23.3. The second kappa shape index (κ2) is 5.91. The van der Waals surface area contributed by atoms with Crippen LogP contribution in [0, 0.1) is 0 Å². The summed E-state index contributed by atoms with van der Waals surface area (Å²) in [5, 5.41) is 11.7. The number of cyclic esters (lactones) is 1. The minimum atomic E-state index is -1.89. The van der Waals surface area contributed by atoms with E-state index < -0.39 is 17.7 Å². The Morgan fingerprint density at radius 2 is 2.13 bits per heavy atom. The van der Waals surface area contributed by atoms with E-state index in [1.807, 2.05) is 0 Å². The van der Waals surface area contributed by atoms with Crippen LogP contribution in [0.25, 0.3) is 22.3 Å². The van der Waals surface area contributed by atoms with Gasteiger partial charge in [-0.3, -0.25) is 4.79 Å². The molecule has 0 spiro atoms. The minimum Gasteiger partial charge on any atom is -0.458 e.